The van der Waals surface area contributed by atoms with Crippen molar-refractivity contribution in [2.75, 3.05) is 11.9 Å². The molecule has 0 aliphatic heterocycles. The number of amides is 1. The van der Waals surface area contributed by atoms with Gasteiger partial charge in [0.15, 0.2) is 12.7 Å². The molecule has 25 heavy (non-hydrogen) atoms. The van der Waals surface area contributed by atoms with Crippen molar-refractivity contribution in [3.63, 3.8) is 0 Å². The van der Waals surface area contributed by atoms with E-state index in [1.165, 1.54) is 13.0 Å². The first kappa shape index (κ1) is 18.3. The van der Waals surface area contributed by atoms with E-state index in [9.17, 15) is 9.59 Å². The zero-order chi connectivity index (χ0) is 18.2. The average molecular weight is 359 g/mol. The minimum absolute atomic E-state index is 0.330. The van der Waals surface area contributed by atoms with Gasteiger partial charge in [-0.25, -0.2) is 4.79 Å². The maximum absolute atomic E-state index is 12.0. The van der Waals surface area contributed by atoms with Crippen molar-refractivity contribution in [3.05, 3.63) is 59.1 Å². The monoisotopic (exact) mass is 358 g/mol. The van der Waals surface area contributed by atoms with Gasteiger partial charge in [0.2, 0.25) is 0 Å². The standard InChI is InChI=1S/C18H15ClN2O4/c1-12(18(23)21-15-4-2-3-13(9-15)10-20)25-17(22)11-24-16-7-5-14(19)6-8-16/h2-9,12H,11H2,1H3,(H,21,23). The van der Waals surface area contributed by atoms with Crippen LogP contribution < -0.4 is 10.1 Å². The summed E-state index contributed by atoms with van der Waals surface area (Å²) in [7, 11) is 0. The minimum atomic E-state index is -1.01. The molecule has 0 aromatic heterocycles. The Morgan fingerprint density at radius 3 is 2.64 bits per heavy atom. The number of nitrogens with one attached hydrogen (secondary N) is 1. The first-order valence-corrected chi connectivity index (χ1v) is 7.74. The molecule has 0 radical (unpaired) electrons. The molecule has 0 aliphatic carbocycles. The molecular weight excluding hydrogens is 344 g/mol. The molecule has 0 aliphatic rings. The molecule has 0 heterocycles. The third-order valence-electron chi connectivity index (χ3n) is 3.11. The van der Waals surface area contributed by atoms with Gasteiger partial charge in [-0.15, -0.1) is 0 Å². The van der Waals surface area contributed by atoms with Crippen LogP contribution in [0.3, 0.4) is 0 Å². The molecule has 0 spiro atoms. The lowest BCUT2D eigenvalue weighted by Crippen LogP contribution is -2.31. The van der Waals surface area contributed by atoms with Crippen LogP contribution in [0.2, 0.25) is 5.02 Å². The van der Waals surface area contributed by atoms with Crippen molar-refractivity contribution in [1.82, 2.24) is 0 Å². The Bertz CT molecular complexity index is 799. The van der Waals surface area contributed by atoms with E-state index in [0.29, 0.717) is 22.0 Å². The van der Waals surface area contributed by atoms with Crippen LogP contribution in [-0.4, -0.2) is 24.6 Å². The Kier molecular flexibility index (Phi) is 6.38. The lowest BCUT2D eigenvalue weighted by atomic mass is 10.2. The van der Waals surface area contributed by atoms with Gasteiger partial charge in [0.05, 0.1) is 11.6 Å². The number of hydrogen-bond donors (Lipinski definition) is 1. The smallest absolute Gasteiger partial charge is 0.344 e. The lowest BCUT2D eigenvalue weighted by molar-refractivity contribution is -0.155. The summed E-state index contributed by atoms with van der Waals surface area (Å²) >= 11 is 5.75. The van der Waals surface area contributed by atoms with Gasteiger partial charge < -0.3 is 14.8 Å². The van der Waals surface area contributed by atoms with Crippen LogP contribution in [0.5, 0.6) is 5.75 Å². The van der Waals surface area contributed by atoms with Crippen LogP contribution in [0.4, 0.5) is 5.69 Å². The number of carbonyl (C=O) groups is 2. The number of benzene rings is 2. The van der Waals surface area contributed by atoms with E-state index in [4.69, 9.17) is 26.3 Å². The van der Waals surface area contributed by atoms with Crippen molar-refractivity contribution >= 4 is 29.2 Å². The Hall–Kier alpha value is -3.04. The van der Waals surface area contributed by atoms with Crippen molar-refractivity contribution in [1.29, 1.82) is 5.26 Å². The van der Waals surface area contributed by atoms with E-state index in [1.807, 2.05) is 6.07 Å². The highest BCUT2D eigenvalue weighted by molar-refractivity contribution is 6.30. The molecule has 1 N–H and O–H groups in total. The summed E-state index contributed by atoms with van der Waals surface area (Å²) in [5.74, 6) is -0.718. The number of rotatable bonds is 6. The van der Waals surface area contributed by atoms with Crippen molar-refractivity contribution in [3.8, 4) is 11.8 Å². The second-order valence-corrected chi connectivity index (χ2v) is 5.49. The zero-order valence-corrected chi connectivity index (χ0v) is 14.1. The Morgan fingerprint density at radius 2 is 1.96 bits per heavy atom. The molecule has 6 nitrogen and oxygen atoms in total. The molecule has 128 valence electrons. The van der Waals surface area contributed by atoms with Gasteiger partial charge in [-0.2, -0.15) is 5.26 Å². The molecule has 2 rings (SSSR count). The van der Waals surface area contributed by atoms with Crippen LogP contribution in [0.1, 0.15) is 12.5 Å². The van der Waals surface area contributed by atoms with Gasteiger partial charge in [-0.3, -0.25) is 4.79 Å². The highest BCUT2D eigenvalue weighted by atomic mass is 35.5. The summed E-state index contributed by atoms with van der Waals surface area (Å²) in [6.07, 6.45) is -1.01. The molecule has 0 bridgehead atoms. The van der Waals surface area contributed by atoms with Gasteiger partial charge in [-0.05, 0) is 49.4 Å². The lowest BCUT2D eigenvalue weighted by Gasteiger charge is -2.14. The molecule has 0 saturated heterocycles. The number of nitriles is 1. The fraction of sp³-hybridized carbons (Fsp3) is 0.167. The third-order valence-corrected chi connectivity index (χ3v) is 3.36. The summed E-state index contributed by atoms with van der Waals surface area (Å²) in [6, 6.07) is 14.9. The van der Waals surface area contributed by atoms with Crippen molar-refractivity contribution < 1.29 is 19.1 Å². The summed E-state index contributed by atoms with van der Waals surface area (Å²) in [4.78, 5) is 23.8. The van der Waals surface area contributed by atoms with Crippen LogP contribution in [0.25, 0.3) is 0 Å². The highest BCUT2D eigenvalue weighted by Crippen LogP contribution is 2.15. The van der Waals surface area contributed by atoms with E-state index in [0.717, 1.165) is 0 Å². The summed E-state index contributed by atoms with van der Waals surface area (Å²) in [5, 5.41) is 12.0. The van der Waals surface area contributed by atoms with Crippen LogP contribution in [-0.2, 0) is 14.3 Å². The Balaban J connectivity index is 1.82. The number of nitrogens with zero attached hydrogens (tertiary/aromatic N) is 1. The fourth-order valence-corrected chi connectivity index (χ4v) is 1.99. The zero-order valence-electron chi connectivity index (χ0n) is 13.4. The number of carbonyl (C=O) groups excluding carboxylic acids is 2. The summed E-state index contributed by atoms with van der Waals surface area (Å²) < 4.78 is 10.3. The predicted octanol–water partition coefficient (Wildman–Crippen LogP) is 3.16. The van der Waals surface area contributed by atoms with Gasteiger partial charge in [0.1, 0.15) is 5.75 Å². The molecular formula is C18H15ClN2O4. The molecule has 1 amide bonds. The first-order valence-electron chi connectivity index (χ1n) is 7.37. The average Bonchev–Trinajstić information content (AvgIpc) is 2.61. The quantitative estimate of drug-likeness (QED) is 0.801. The van der Waals surface area contributed by atoms with Crippen molar-refractivity contribution in [2.45, 2.75) is 13.0 Å². The Morgan fingerprint density at radius 1 is 1.24 bits per heavy atom. The maximum Gasteiger partial charge on any atom is 0.344 e. The summed E-state index contributed by atoms with van der Waals surface area (Å²) in [5.41, 5.74) is 0.864. The second-order valence-electron chi connectivity index (χ2n) is 5.06. The molecule has 0 saturated carbocycles. The normalized spacial score (nSPS) is 11.1. The number of anilines is 1. The van der Waals surface area contributed by atoms with Gasteiger partial charge >= 0.3 is 5.97 Å². The number of esters is 1. The van der Waals surface area contributed by atoms with Crippen LogP contribution >= 0.6 is 11.6 Å². The molecule has 2 aromatic carbocycles. The van der Waals surface area contributed by atoms with E-state index in [1.54, 1.807) is 42.5 Å². The first-order chi connectivity index (χ1) is 12.0. The SMILES string of the molecule is CC(OC(=O)COc1ccc(Cl)cc1)C(=O)Nc1cccc(C#N)c1. The predicted molar refractivity (Wildman–Crippen MR) is 92.3 cm³/mol. The number of hydrogen-bond acceptors (Lipinski definition) is 5. The highest BCUT2D eigenvalue weighted by Gasteiger charge is 2.18. The maximum atomic E-state index is 12.0. The molecule has 2 aromatic rings. The number of halogens is 1. The molecule has 1 atom stereocenters. The van der Waals surface area contributed by atoms with Crippen molar-refractivity contribution in [2.24, 2.45) is 0 Å². The molecule has 0 fully saturated rings. The fourth-order valence-electron chi connectivity index (χ4n) is 1.87. The van der Waals surface area contributed by atoms with Crippen LogP contribution in [0, 0.1) is 11.3 Å². The number of ether oxygens (including phenoxy) is 2. The van der Waals surface area contributed by atoms with E-state index >= 15 is 0 Å². The topological polar surface area (TPSA) is 88.4 Å². The van der Waals surface area contributed by atoms with Gasteiger partial charge in [0.25, 0.3) is 5.91 Å². The second kappa shape index (κ2) is 8.71. The minimum Gasteiger partial charge on any atom is -0.482 e. The third kappa shape index (κ3) is 5.83. The van der Waals surface area contributed by atoms with E-state index < -0.39 is 18.0 Å². The summed E-state index contributed by atoms with van der Waals surface area (Å²) in [6.45, 7) is 1.12. The molecule has 1 unspecified atom stereocenters. The van der Waals surface area contributed by atoms with Gasteiger partial charge in [0, 0.05) is 10.7 Å². The molecule has 7 heteroatoms. The Labute approximate surface area is 149 Å². The van der Waals surface area contributed by atoms with E-state index in [2.05, 4.69) is 5.32 Å². The van der Waals surface area contributed by atoms with E-state index in [-0.39, 0.29) is 6.61 Å². The van der Waals surface area contributed by atoms with Crippen LogP contribution in [0.15, 0.2) is 48.5 Å². The van der Waals surface area contributed by atoms with Gasteiger partial charge in [-0.1, -0.05) is 17.7 Å². The largest absolute Gasteiger partial charge is 0.482 e.